The first-order chi connectivity index (χ1) is 11.2. The molecule has 0 aromatic carbocycles. The molecule has 1 aliphatic rings. The maximum atomic E-state index is 12.7. The van der Waals surface area contributed by atoms with Crippen LogP contribution in [-0.2, 0) is 4.74 Å². The zero-order valence-electron chi connectivity index (χ0n) is 14.6. The molecule has 6 nitrogen and oxygen atoms in total. The molecule has 132 valence electrons. The Morgan fingerprint density at radius 2 is 1.75 bits per heavy atom. The normalized spacial score (nSPS) is 15.9. The summed E-state index contributed by atoms with van der Waals surface area (Å²) in [5, 5.41) is 0.371. The Hall–Kier alpha value is -1.82. The van der Waals surface area contributed by atoms with Crippen molar-refractivity contribution in [3.05, 3.63) is 28.5 Å². The predicted octanol–water partition coefficient (Wildman–Crippen LogP) is 3.13. The molecule has 2 amide bonds. The minimum Gasteiger partial charge on any atom is -0.444 e. The standard InChI is InChI=1S/C17H24ClN3O3/c1-12-13(6-7-14(18)19-12)15(22)20-8-5-9-21(11-10-20)16(23)24-17(2,3)4/h6-7H,5,8-11H2,1-4H3. The summed E-state index contributed by atoms with van der Waals surface area (Å²) in [6.45, 7) is 9.40. The molecule has 24 heavy (non-hydrogen) atoms. The zero-order valence-corrected chi connectivity index (χ0v) is 15.4. The Balaban J connectivity index is 2.02. The second-order valence-corrected chi connectivity index (χ2v) is 7.27. The number of aryl methyl sites for hydroxylation is 1. The molecule has 1 fully saturated rings. The summed E-state index contributed by atoms with van der Waals surface area (Å²) in [7, 11) is 0. The molecule has 1 aromatic rings. The number of carbonyl (C=O) groups is 2. The molecule has 0 saturated carbocycles. The van der Waals surface area contributed by atoms with Crippen LogP contribution in [0.25, 0.3) is 0 Å². The third-order valence-corrected chi connectivity index (χ3v) is 3.93. The van der Waals surface area contributed by atoms with Gasteiger partial charge in [-0.3, -0.25) is 4.79 Å². The fourth-order valence-electron chi connectivity index (χ4n) is 2.56. The van der Waals surface area contributed by atoms with Gasteiger partial charge in [0.25, 0.3) is 5.91 Å². The van der Waals surface area contributed by atoms with E-state index in [4.69, 9.17) is 16.3 Å². The smallest absolute Gasteiger partial charge is 0.410 e. The molecular weight excluding hydrogens is 330 g/mol. The molecule has 0 N–H and O–H groups in total. The predicted molar refractivity (Wildman–Crippen MR) is 92.3 cm³/mol. The lowest BCUT2D eigenvalue weighted by Gasteiger charge is -2.26. The Morgan fingerprint density at radius 1 is 1.12 bits per heavy atom. The average Bonchev–Trinajstić information content (AvgIpc) is 2.70. The Morgan fingerprint density at radius 3 is 2.38 bits per heavy atom. The fraction of sp³-hybridized carbons (Fsp3) is 0.588. The number of ether oxygens (including phenoxy) is 1. The van der Waals surface area contributed by atoms with Crippen molar-refractivity contribution in [3.63, 3.8) is 0 Å². The van der Waals surface area contributed by atoms with E-state index in [1.807, 2.05) is 20.8 Å². The van der Waals surface area contributed by atoms with Crippen LogP contribution in [0.4, 0.5) is 4.79 Å². The van der Waals surface area contributed by atoms with Gasteiger partial charge in [-0.2, -0.15) is 0 Å². The molecule has 2 heterocycles. The van der Waals surface area contributed by atoms with Crippen LogP contribution in [0.1, 0.15) is 43.2 Å². The van der Waals surface area contributed by atoms with Crippen LogP contribution >= 0.6 is 11.6 Å². The molecule has 2 rings (SSSR count). The van der Waals surface area contributed by atoms with Crippen molar-refractivity contribution in [1.29, 1.82) is 0 Å². The van der Waals surface area contributed by atoms with Crippen LogP contribution in [0.5, 0.6) is 0 Å². The highest BCUT2D eigenvalue weighted by Gasteiger charge is 2.26. The average molecular weight is 354 g/mol. The van der Waals surface area contributed by atoms with Crippen LogP contribution in [0, 0.1) is 6.92 Å². The van der Waals surface area contributed by atoms with Gasteiger partial charge in [-0.1, -0.05) is 11.6 Å². The van der Waals surface area contributed by atoms with Gasteiger partial charge < -0.3 is 14.5 Å². The van der Waals surface area contributed by atoms with Crippen LogP contribution in [0.3, 0.4) is 0 Å². The maximum absolute atomic E-state index is 12.7. The molecular formula is C17H24ClN3O3. The monoisotopic (exact) mass is 353 g/mol. The summed E-state index contributed by atoms with van der Waals surface area (Å²) in [4.78, 5) is 32.4. The summed E-state index contributed by atoms with van der Waals surface area (Å²) < 4.78 is 5.40. The fourth-order valence-corrected chi connectivity index (χ4v) is 2.75. The first-order valence-electron chi connectivity index (χ1n) is 8.08. The maximum Gasteiger partial charge on any atom is 0.410 e. The van der Waals surface area contributed by atoms with Gasteiger partial charge in [-0.05, 0) is 46.2 Å². The lowest BCUT2D eigenvalue weighted by Crippen LogP contribution is -2.40. The van der Waals surface area contributed by atoms with E-state index < -0.39 is 5.60 Å². The molecule has 0 spiro atoms. The molecule has 1 aromatic heterocycles. The Labute approximate surface area is 147 Å². The third kappa shape index (κ3) is 4.84. The van der Waals surface area contributed by atoms with Crippen molar-refractivity contribution >= 4 is 23.6 Å². The second-order valence-electron chi connectivity index (χ2n) is 6.88. The highest BCUT2D eigenvalue weighted by atomic mass is 35.5. The Kier molecular flexibility index (Phi) is 5.70. The van der Waals surface area contributed by atoms with Gasteiger partial charge >= 0.3 is 6.09 Å². The second kappa shape index (κ2) is 7.38. The first kappa shape index (κ1) is 18.5. The van der Waals surface area contributed by atoms with Gasteiger partial charge in [-0.15, -0.1) is 0 Å². The molecule has 7 heteroatoms. The van der Waals surface area contributed by atoms with E-state index in [0.717, 1.165) is 0 Å². The van der Waals surface area contributed by atoms with Gasteiger partial charge in [-0.25, -0.2) is 9.78 Å². The van der Waals surface area contributed by atoms with Crippen molar-refractivity contribution in [2.45, 2.75) is 39.7 Å². The van der Waals surface area contributed by atoms with Crippen molar-refractivity contribution in [2.75, 3.05) is 26.2 Å². The lowest BCUT2D eigenvalue weighted by atomic mass is 10.1. The highest BCUT2D eigenvalue weighted by Crippen LogP contribution is 2.16. The number of pyridine rings is 1. The number of hydrogen-bond donors (Lipinski definition) is 0. The SMILES string of the molecule is Cc1nc(Cl)ccc1C(=O)N1CCCN(C(=O)OC(C)(C)C)CC1. The van der Waals surface area contributed by atoms with Gasteiger partial charge in [0.1, 0.15) is 10.8 Å². The van der Waals surface area contributed by atoms with E-state index >= 15 is 0 Å². The number of amides is 2. The number of rotatable bonds is 1. The van der Waals surface area contributed by atoms with Gasteiger partial charge in [0.15, 0.2) is 0 Å². The number of aromatic nitrogens is 1. The summed E-state index contributed by atoms with van der Waals surface area (Å²) in [5.41, 5.74) is 0.635. The zero-order chi connectivity index (χ0) is 17.9. The number of halogens is 1. The molecule has 0 unspecified atom stereocenters. The summed E-state index contributed by atoms with van der Waals surface area (Å²) >= 11 is 5.85. The van der Waals surface area contributed by atoms with Gasteiger partial charge in [0.2, 0.25) is 0 Å². The summed E-state index contributed by atoms with van der Waals surface area (Å²) in [6.07, 6.45) is 0.381. The quantitative estimate of drug-likeness (QED) is 0.728. The van der Waals surface area contributed by atoms with E-state index in [0.29, 0.717) is 49.0 Å². The van der Waals surface area contributed by atoms with Crippen molar-refractivity contribution < 1.29 is 14.3 Å². The molecule has 1 saturated heterocycles. The van der Waals surface area contributed by atoms with Gasteiger partial charge in [0.05, 0.1) is 11.3 Å². The third-order valence-electron chi connectivity index (χ3n) is 3.72. The summed E-state index contributed by atoms with van der Waals surface area (Å²) in [6, 6.07) is 3.32. The van der Waals surface area contributed by atoms with Crippen LogP contribution < -0.4 is 0 Å². The van der Waals surface area contributed by atoms with Crippen LogP contribution in [0.2, 0.25) is 5.15 Å². The van der Waals surface area contributed by atoms with E-state index in [1.165, 1.54) is 0 Å². The largest absolute Gasteiger partial charge is 0.444 e. The highest BCUT2D eigenvalue weighted by molar-refractivity contribution is 6.29. The van der Waals surface area contributed by atoms with Crippen LogP contribution in [-0.4, -0.2) is 58.6 Å². The minimum absolute atomic E-state index is 0.0808. The number of hydrogen-bond acceptors (Lipinski definition) is 4. The molecule has 1 aliphatic heterocycles. The Bertz CT molecular complexity index is 628. The van der Waals surface area contributed by atoms with Gasteiger partial charge in [0, 0.05) is 26.2 Å². The number of nitrogens with zero attached hydrogens (tertiary/aromatic N) is 3. The van der Waals surface area contributed by atoms with Crippen molar-refractivity contribution in [3.8, 4) is 0 Å². The van der Waals surface area contributed by atoms with E-state index in [1.54, 1.807) is 28.9 Å². The lowest BCUT2D eigenvalue weighted by molar-refractivity contribution is 0.0255. The van der Waals surface area contributed by atoms with E-state index in [2.05, 4.69) is 4.98 Å². The first-order valence-corrected chi connectivity index (χ1v) is 8.45. The number of carbonyl (C=O) groups excluding carboxylic acids is 2. The molecule has 0 atom stereocenters. The molecule has 0 aliphatic carbocycles. The van der Waals surface area contributed by atoms with E-state index in [-0.39, 0.29) is 12.0 Å². The van der Waals surface area contributed by atoms with Crippen LogP contribution in [0.15, 0.2) is 12.1 Å². The van der Waals surface area contributed by atoms with Crippen molar-refractivity contribution in [2.24, 2.45) is 0 Å². The topological polar surface area (TPSA) is 62.7 Å². The molecule has 0 bridgehead atoms. The van der Waals surface area contributed by atoms with E-state index in [9.17, 15) is 9.59 Å². The molecule has 0 radical (unpaired) electrons. The van der Waals surface area contributed by atoms with Crippen molar-refractivity contribution in [1.82, 2.24) is 14.8 Å². The minimum atomic E-state index is -0.523. The summed E-state index contributed by atoms with van der Waals surface area (Å²) in [5.74, 6) is -0.0808.